The smallest absolute Gasteiger partial charge is 0.281 e. The highest BCUT2D eigenvalue weighted by molar-refractivity contribution is 6.29. The minimum Gasteiger partial charge on any atom is -0.321 e. The number of carbonyl (C=O) groups is 1. The average Bonchev–Trinajstić information content (AvgIpc) is 2.84. The first-order valence-corrected chi connectivity index (χ1v) is 8.07. The Morgan fingerprint density at radius 3 is 2.33 bits per heavy atom. The fourth-order valence-electron chi connectivity index (χ4n) is 2.53. The maximum Gasteiger partial charge on any atom is 0.281 e. The SMILES string of the molecule is Cc1ccc(N2C(=O)/C(=C\c3ccccc3)NC2=NC(C)C)cc1. The molecule has 24 heavy (non-hydrogen) atoms. The number of hydrogen-bond acceptors (Lipinski definition) is 2. The van der Waals surface area contributed by atoms with Gasteiger partial charge in [-0.3, -0.25) is 4.79 Å². The van der Waals surface area contributed by atoms with Crippen LogP contribution in [0.2, 0.25) is 0 Å². The normalized spacial score (nSPS) is 17.8. The zero-order valence-corrected chi connectivity index (χ0v) is 14.2. The third-order valence-electron chi connectivity index (χ3n) is 3.68. The van der Waals surface area contributed by atoms with Crippen molar-refractivity contribution in [3.63, 3.8) is 0 Å². The van der Waals surface area contributed by atoms with Crippen LogP contribution in [-0.2, 0) is 4.79 Å². The Labute approximate surface area is 142 Å². The molecule has 3 rings (SSSR count). The zero-order chi connectivity index (χ0) is 17.1. The van der Waals surface area contributed by atoms with Gasteiger partial charge in [0.15, 0.2) is 0 Å². The Balaban J connectivity index is 2.01. The Hall–Kier alpha value is -2.88. The van der Waals surface area contributed by atoms with E-state index in [1.807, 2.05) is 81.4 Å². The third kappa shape index (κ3) is 3.38. The highest BCUT2D eigenvalue weighted by atomic mass is 16.2. The first kappa shape index (κ1) is 16.0. The summed E-state index contributed by atoms with van der Waals surface area (Å²) in [5.74, 6) is 0.475. The van der Waals surface area contributed by atoms with Crippen molar-refractivity contribution in [2.45, 2.75) is 26.8 Å². The van der Waals surface area contributed by atoms with Gasteiger partial charge in [0.1, 0.15) is 5.70 Å². The van der Waals surface area contributed by atoms with Crippen LogP contribution in [0.3, 0.4) is 0 Å². The summed E-state index contributed by atoms with van der Waals surface area (Å²) in [5.41, 5.74) is 3.47. The molecule has 0 aromatic heterocycles. The molecule has 122 valence electrons. The summed E-state index contributed by atoms with van der Waals surface area (Å²) < 4.78 is 0. The molecule has 1 saturated heterocycles. The standard InChI is InChI=1S/C20H21N3O/c1-14(2)21-20-22-18(13-16-7-5-4-6-8-16)19(24)23(20)17-11-9-15(3)10-12-17/h4-14H,1-3H3,(H,21,22)/b18-13+. The summed E-state index contributed by atoms with van der Waals surface area (Å²) in [4.78, 5) is 19.1. The highest BCUT2D eigenvalue weighted by Gasteiger charge is 2.33. The molecule has 0 radical (unpaired) electrons. The molecule has 1 fully saturated rings. The molecule has 1 aliphatic rings. The highest BCUT2D eigenvalue weighted by Crippen LogP contribution is 2.23. The van der Waals surface area contributed by atoms with E-state index in [4.69, 9.17) is 0 Å². The first-order valence-electron chi connectivity index (χ1n) is 8.07. The number of aryl methyl sites for hydroxylation is 1. The van der Waals surface area contributed by atoms with Crippen molar-refractivity contribution in [2.75, 3.05) is 4.90 Å². The summed E-state index contributed by atoms with van der Waals surface area (Å²) >= 11 is 0. The average molecular weight is 319 g/mol. The van der Waals surface area contributed by atoms with E-state index in [1.54, 1.807) is 4.90 Å². The number of hydrogen-bond donors (Lipinski definition) is 1. The predicted molar refractivity (Wildman–Crippen MR) is 98.8 cm³/mol. The van der Waals surface area contributed by atoms with E-state index in [1.165, 1.54) is 0 Å². The van der Waals surface area contributed by atoms with Crippen molar-refractivity contribution in [3.05, 3.63) is 71.4 Å². The Morgan fingerprint density at radius 2 is 1.71 bits per heavy atom. The number of guanidine groups is 1. The van der Waals surface area contributed by atoms with Crippen LogP contribution >= 0.6 is 0 Å². The van der Waals surface area contributed by atoms with Crippen molar-refractivity contribution in [2.24, 2.45) is 4.99 Å². The largest absolute Gasteiger partial charge is 0.321 e. The summed E-state index contributed by atoms with van der Waals surface area (Å²) in [5, 5.41) is 3.17. The maximum absolute atomic E-state index is 12.9. The second-order valence-electron chi connectivity index (χ2n) is 6.12. The number of aliphatic imine (C=N–C) groups is 1. The molecule has 2 aromatic carbocycles. The third-order valence-corrected chi connectivity index (χ3v) is 3.68. The molecule has 0 unspecified atom stereocenters. The predicted octanol–water partition coefficient (Wildman–Crippen LogP) is 3.74. The van der Waals surface area contributed by atoms with Gasteiger partial charge in [0.25, 0.3) is 5.91 Å². The molecule has 1 N–H and O–H groups in total. The van der Waals surface area contributed by atoms with Gasteiger partial charge in [-0.1, -0.05) is 48.0 Å². The molecule has 0 aliphatic carbocycles. The van der Waals surface area contributed by atoms with Gasteiger partial charge in [0, 0.05) is 6.04 Å². The van der Waals surface area contributed by atoms with E-state index in [9.17, 15) is 4.79 Å². The van der Waals surface area contributed by atoms with Crippen LogP contribution in [0.4, 0.5) is 5.69 Å². The molecule has 2 aromatic rings. The number of anilines is 1. The van der Waals surface area contributed by atoms with E-state index >= 15 is 0 Å². The van der Waals surface area contributed by atoms with Gasteiger partial charge in [-0.15, -0.1) is 0 Å². The fraction of sp³-hybridized carbons (Fsp3) is 0.200. The minimum atomic E-state index is -0.0953. The zero-order valence-electron chi connectivity index (χ0n) is 14.2. The van der Waals surface area contributed by atoms with Crippen molar-refractivity contribution in [1.82, 2.24) is 5.32 Å². The van der Waals surface area contributed by atoms with Crippen molar-refractivity contribution < 1.29 is 4.79 Å². The van der Waals surface area contributed by atoms with Gasteiger partial charge >= 0.3 is 0 Å². The van der Waals surface area contributed by atoms with Crippen LogP contribution in [0, 0.1) is 6.92 Å². The second kappa shape index (κ2) is 6.71. The lowest BCUT2D eigenvalue weighted by Gasteiger charge is -2.16. The molecule has 4 heteroatoms. The quantitative estimate of drug-likeness (QED) is 0.876. The van der Waals surface area contributed by atoms with Crippen molar-refractivity contribution >= 4 is 23.6 Å². The van der Waals surface area contributed by atoms with Gasteiger partial charge in [-0.2, -0.15) is 0 Å². The van der Waals surface area contributed by atoms with E-state index in [0.717, 1.165) is 16.8 Å². The molecule has 0 spiro atoms. The number of amides is 1. The number of rotatable bonds is 3. The van der Waals surface area contributed by atoms with Crippen LogP contribution in [0.1, 0.15) is 25.0 Å². The van der Waals surface area contributed by atoms with Crippen molar-refractivity contribution in [3.8, 4) is 0 Å². The minimum absolute atomic E-state index is 0.0873. The maximum atomic E-state index is 12.9. The topological polar surface area (TPSA) is 44.7 Å². The van der Waals surface area contributed by atoms with Crippen LogP contribution < -0.4 is 10.2 Å². The Morgan fingerprint density at radius 1 is 1.04 bits per heavy atom. The lowest BCUT2D eigenvalue weighted by atomic mass is 10.2. The Kier molecular flexibility index (Phi) is 4.47. The molecule has 0 bridgehead atoms. The van der Waals surface area contributed by atoms with Gasteiger partial charge in [-0.05, 0) is 44.5 Å². The summed E-state index contributed by atoms with van der Waals surface area (Å²) in [7, 11) is 0. The monoisotopic (exact) mass is 319 g/mol. The molecular weight excluding hydrogens is 298 g/mol. The number of benzene rings is 2. The molecule has 1 amide bonds. The molecule has 0 saturated carbocycles. The lowest BCUT2D eigenvalue weighted by Crippen LogP contribution is -2.33. The first-order chi connectivity index (χ1) is 11.5. The van der Waals surface area contributed by atoms with Gasteiger partial charge in [0.2, 0.25) is 5.96 Å². The van der Waals surface area contributed by atoms with Crippen LogP contribution in [0.15, 0.2) is 65.3 Å². The van der Waals surface area contributed by atoms with Gasteiger partial charge < -0.3 is 5.32 Å². The molecule has 4 nitrogen and oxygen atoms in total. The van der Waals surface area contributed by atoms with E-state index in [2.05, 4.69) is 10.3 Å². The van der Waals surface area contributed by atoms with Crippen LogP contribution in [0.5, 0.6) is 0 Å². The fourth-order valence-corrected chi connectivity index (χ4v) is 2.53. The van der Waals surface area contributed by atoms with Gasteiger partial charge in [-0.25, -0.2) is 9.89 Å². The van der Waals surface area contributed by atoms with Crippen LogP contribution in [0.25, 0.3) is 6.08 Å². The number of nitrogens with one attached hydrogen (secondary N) is 1. The molecular formula is C20H21N3O. The van der Waals surface area contributed by atoms with E-state index in [0.29, 0.717) is 11.7 Å². The lowest BCUT2D eigenvalue weighted by molar-refractivity contribution is -0.113. The Bertz CT molecular complexity index is 789. The number of nitrogens with zero attached hydrogens (tertiary/aromatic N) is 2. The summed E-state index contributed by atoms with van der Waals surface area (Å²) in [6.07, 6.45) is 1.85. The summed E-state index contributed by atoms with van der Waals surface area (Å²) in [6.45, 7) is 6.01. The van der Waals surface area contributed by atoms with Crippen molar-refractivity contribution in [1.29, 1.82) is 0 Å². The molecule has 0 atom stereocenters. The van der Waals surface area contributed by atoms with E-state index in [-0.39, 0.29) is 11.9 Å². The molecule has 1 heterocycles. The second-order valence-corrected chi connectivity index (χ2v) is 6.12. The van der Waals surface area contributed by atoms with Crippen LogP contribution in [-0.4, -0.2) is 17.9 Å². The van der Waals surface area contributed by atoms with E-state index < -0.39 is 0 Å². The van der Waals surface area contributed by atoms with Gasteiger partial charge in [0.05, 0.1) is 5.69 Å². The molecule has 1 aliphatic heterocycles. The number of carbonyl (C=O) groups excluding carboxylic acids is 1. The summed E-state index contributed by atoms with van der Waals surface area (Å²) in [6, 6.07) is 17.8.